The van der Waals surface area contributed by atoms with Crippen LogP contribution in [0.3, 0.4) is 0 Å². The molecule has 0 radical (unpaired) electrons. The van der Waals surface area contributed by atoms with Crippen LogP contribution in [0, 0.1) is 0 Å². The van der Waals surface area contributed by atoms with Crippen molar-refractivity contribution < 1.29 is 22.5 Å². The predicted molar refractivity (Wildman–Crippen MR) is 62.4 cm³/mol. The van der Waals surface area contributed by atoms with Crippen molar-refractivity contribution >= 4 is 16.1 Å². The maximum Gasteiger partial charge on any atom is 0.333 e. The fourth-order valence-electron chi connectivity index (χ4n) is 0.365. The molecule has 1 N–H and O–H groups in total. The summed E-state index contributed by atoms with van der Waals surface area (Å²) in [6.07, 6.45) is 0. The largest absolute Gasteiger partial charge is 0.457 e. The van der Waals surface area contributed by atoms with Crippen LogP contribution >= 0.6 is 0 Å². The lowest BCUT2D eigenvalue weighted by Gasteiger charge is -2.19. The third kappa shape index (κ3) is 15.3. The Morgan fingerprint density at radius 3 is 1.75 bits per heavy atom. The van der Waals surface area contributed by atoms with Gasteiger partial charge in [-0.1, -0.05) is 13.2 Å². The average Bonchev–Trinajstić information content (AvgIpc) is 2.00. The van der Waals surface area contributed by atoms with Crippen molar-refractivity contribution in [3.63, 3.8) is 0 Å². The van der Waals surface area contributed by atoms with Crippen LogP contribution in [-0.4, -0.2) is 24.5 Å². The van der Waals surface area contributed by atoms with Crippen LogP contribution in [0.5, 0.6) is 0 Å². The Bertz CT molecular complexity index is 348. The van der Waals surface area contributed by atoms with Gasteiger partial charge < -0.3 is 4.74 Å². The highest BCUT2D eigenvalue weighted by atomic mass is 32.2. The van der Waals surface area contributed by atoms with Gasteiger partial charge in [-0.2, -0.15) is 8.42 Å². The molecular formula is C10H18O5S. The van der Waals surface area contributed by atoms with Crippen LogP contribution in [0.2, 0.25) is 0 Å². The Hall–Kier alpha value is -1.14. The Balaban J connectivity index is 0. The van der Waals surface area contributed by atoms with E-state index < -0.39 is 15.7 Å². The van der Waals surface area contributed by atoms with E-state index in [4.69, 9.17) is 9.29 Å². The van der Waals surface area contributed by atoms with Gasteiger partial charge in [-0.3, -0.25) is 4.55 Å². The molecule has 0 aliphatic heterocycles. The summed E-state index contributed by atoms with van der Waals surface area (Å²) in [5.74, 6) is -0.326. The van der Waals surface area contributed by atoms with E-state index in [-0.39, 0.29) is 5.97 Å². The minimum atomic E-state index is -3.90. The number of carbonyl (C=O) groups excluding carboxylic acids is 1. The van der Waals surface area contributed by atoms with Gasteiger partial charge in [-0.05, 0) is 27.7 Å². The smallest absolute Gasteiger partial charge is 0.333 e. The highest BCUT2D eigenvalue weighted by Gasteiger charge is 2.15. The summed E-state index contributed by atoms with van der Waals surface area (Å²) >= 11 is 0. The van der Waals surface area contributed by atoms with Crippen molar-refractivity contribution in [3.8, 4) is 0 Å². The molecule has 0 saturated carbocycles. The molecule has 0 amide bonds. The summed E-state index contributed by atoms with van der Waals surface area (Å²) in [6, 6.07) is 0. The van der Waals surface area contributed by atoms with E-state index in [1.165, 1.54) is 0 Å². The van der Waals surface area contributed by atoms with Crippen molar-refractivity contribution in [2.45, 2.75) is 33.3 Å². The number of carbonyl (C=O) groups is 1. The molecule has 0 spiro atoms. The van der Waals surface area contributed by atoms with Crippen LogP contribution in [0.1, 0.15) is 27.7 Å². The van der Waals surface area contributed by atoms with E-state index in [2.05, 4.69) is 13.2 Å². The summed E-state index contributed by atoms with van der Waals surface area (Å²) in [7, 11) is -3.90. The van der Waals surface area contributed by atoms with Crippen LogP contribution in [0.4, 0.5) is 0 Å². The zero-order chi connectivity index (χ0) is 13.6. The van der Waals surface area contributed by atoms with Crippen molar-refractivity contribution in [3.05, 3.63) is 24.1 Å². The lowest BCUT2D eigenvalue weighted by molar-refractivity contribution is -0.149. The molecule has 5 nitrogen and oxygen atoms in total. The predicted octanol–water partition coefficient (Wildman–Crippen LogP) is 1.92. The van der Waals surface area contributed by atoms with E-state index in [0.29, 0.717) is 11.0 Å². The Morgan fingerprint density at radius 1 is 1.38 bits per heavy atom. The maximum atomic E-state index is 10.8. The second-order valence-electron chi connectivity index (χ2n) is 3.96. The highest BCUT2D eigenvalue weighted by molar-refractivity contribution is 7.88. The van der Waals surface area contributed by atoms with Gasteiger partial charge in [0.05, 0.1) is 5.41 Å². The van der Waals surface area contributed by atoms with Gasteiger partial charge in [-0.15, -0.1) is 0 Å². The van der Waals surface area contributed by atoms with E-state index >= 15 is 0 Å². The molecule has 0 atom stereocenters. The molecule has 0 heterocycles. The number of rotatable bonds is 2. The molecule has 0 aromatic heterocycles. The number of hydrogen-bond acceptors (Lipinski definition) is 4. The molecule has 94 valence electrons. The molecular weight excluding hydrogens is 232 g/mol. The first-order valence-electron chi connectivity index (χ1n) is 4.38. The topological polar surface area (TPSA) is 80.7 Å². The van der Waals surface area contributed by atoms with Gasteiger partial charge in [-0.25, -0.2) is 4.79 Å². The molecule has 0 unspecified atom stereocenters. The molecule has 0 rings (SSSR count). The van der Waals surface area contributed by atoms with Gasteiger partial charge in [0.2, 0.25) is 0 Å². The van der Waals surface area contributed by atoms with Crippen molar-refractivity contribution in [2.75, 3.05) is 0 Å². The maximum absolute atomic E-state index is 10.8. The first-order valence-corrected chi connectivity index (χ1v) is 5.88. The van der Waals surface area contributed by atoms with Crippen LogP contribution in [0.25, 0.3) is 0 Å². The third-order valence-corrected chi connectivity index (χ3v) is 1.38. The minimum absolute atomic E-state index is 0.326. The number of ether oxygens (including phenoxy) is 1. The molecule has 0 bridgehead atoms. The zero-order valence-electron chi connectivity index (χ0n) is 9.98. The third-order valence-electron chi connectivity index (χ3n) is 0.958. The van der Waals surface area contributed by atoms with Crippen LogP contribution in [0.15, 0.2) is 24.1 Å². The van der Waals surface area contributed by atoms with Crippen molar-refractivity contribution in [1.29, 1.82) is 0 Å². The monoisotopic (exact) mass is 250 g/mol. The SMILES string of the molecule is C=C(C)C(=O)OC(C)(C)C.C=CS(=O)(=O)O. The minimum Gasteiger partial charge on any atom is -0.457 e. The van der Waals surface area contributed by atoms with Gasteiger partial charge >= 0.3 is 5.97 Å². The molecule has 0 aliphatic rings. The Morgan fingerprint density at radius 2 is 1.69 bits per heavy atom. The first-order chi connectivity index (χ1) is 6.89. The van der Waals surface area contributed by atoms with Gasteiger partial charge in [0.25, 0.3) is 10.1 Å². The highest BCUT2D eigenvalue weighted by Crippen LogP contribution is 2.09. The lowest BCUT2D eigenvalue weighted by atomic mass is 10.2. The Kier molecular flexibility index (Phi) is 6.95. The van der Waals surface area contributed by atoms with Crippen LogP contribution < -0.4 is 0 Å². The summed E-state index contributed by atoms with van der Waals surface area (Å²) in [5, 5.41) is 0.465. The van der Waals surface area contributed by atoms with Crippen molar-refractivity contribution in [1.82, 2.24) is 0 Å². The summed E-state index contributed by atoms with van der Waals surface area (Å²) < 4.78 is 31.5. The molecule has 6 heteroatoms. The molecule has 0 saturated heterocycles. The summed E-state index contributed by atoms with van der Waals surface area (Å²) in [6.45, 7) is 13.4. The summed E-state index contributed by atoms with van der Waals surface area (Å²) in [5.41, 5.74) is 0.0330. The van der Waals surface area contributed by atoms with E-state index in [0.717, 1.165) is 0 Å². The first kappa shape index (κ1) is 17.3. The molecule has 0 fully saturated rings. The van der Waals surface area contributed by atoms with Crippen molar-refractivity contribution in [2.24, 2.45) is 0 Å². The number of hydrogen-bond donors (Lipinski definition) is 1. The zero-order valence-corrected chi connectivity index (χ0v) is 10.8. The Labute approximate surface area is 96.6 Å². The standard InChI is InChI=1S/C8H14O2.C2H4O3S/c1-6(2)7(9)10-8(3,4)5;1-2-6(3,4)5/h1H2,2-5H3;2H,1H2,(H,3,4,5). The van der Waals surface area contributed by atoms with E-state index in [1.54, 1.807) is 6.92 Å². The van der Waals surface area contributed by atoms with E-state index in [1.807, 2.05) is 20.8 Å². The van der Waals surface area contributed by atoms with Gasteiger partial charge in [0, 0.05) is 5.57 Å². The van der Waals surface area contributed by atoms with Crippen LogP contribution in [-0.2, 0) is 19.6 Å². The lowest BCUT2D eigenvalue weighted by Crippen LogP contribution is -2.23. The fourth-order valence-corrected chi connectivity index (χ4v) is 0.365. The summed E-state index contributed by atoms with van der Waals surface area (Å²) in [4.78, 5) is 10.8. The average molecular weight is 250 g/mol. The molecule has 0 aromatic rings. The van der Waals surface area contributed by atoms with Gasteiger partial charge in [0.1, 0.15) is 5.60 Å². The normalized spacial score (nSPS) is 10.8. The quantitative estimate of drug-likeness (QED) is 0.460. The number of esters is 1. The molecule has 16 heavy (non-hydrogen) atoms. The second-order valence-corrected chi connectivity index (χ2v) is 5.33. The molecule has 0 aliphatic carbocycles. The second kappa shape index (κ2) is 6.44. The fraction of sp³-hybridized carbons (Fsp3) is 0.500. The van der Waals surface area contributed by atoms with Gasteiger partial charge in [0.15, 0.2) is 0 Å². The molecule has 0 aromatic carbocycles. The van der Waals surface area contributed by atoms with E-state index in [9.17, 15) is 13.2 Å².